The molecule has 0 spiro atoms. The SMILES string of the molecule is Cc1ccc(N2CCCN(Cc3cccc(OC(F)(F)F)c3)C2=O)c(NC(=O)c2ccc(F)cc2)c1. The number of hydrogen-bond acceptors (Lipinski definition) is 3. The first-order valence-electron chi connectivity index (χ1n) is 11.2. The number of nitrogens with one attached hydrogen (secondary N) is 1. The molecule has 3 amide bonds. The van der Waals surface area contributed by atoms with Gasteiger partial charge in [0, 0.05) is 25.2 Å². The van der Waals surface area contributed by atoms with E-state index in [0.29, 0.717) is 36.4 Å². The van der Waals surface area contributed by atoms with Gasteiger partial charge in [0.25, 0.3) is 5.91 Å². The Morgan fingerprint density at radius 1 is 1.03 bits per heavy atom. The Morgan fingerprint density at radius 3 is 2.50 bits per heavy atom. The van der Waals surface area contributed by atoms with Crippen LogP contribution in [0.4, 0.5) is 33.7 Å². The second-order valence-electron chi connectivity index (χ2n) is 8.39. The van der Waals surface area contributed by atoms with Crippen molar-refractivity contribution < 1.29 is 31.9 Å². The van der Waals surface area contributed by atoms with E-state index < -0.39 is 18.1 Å². The van der Waals surface area contributed by atoms with Crippen LogP contribution in [0.15, 0.2) is 66.7 Å². The summed E-state index contributed by atoms with van der Waals surface area (Å²) in [6.07, 6.45) is -4.19. The molecule has 1 saturated heterocycles. The lowest BCUT2D eigenvalue weighted by atomic mass is 10.1. The molecular weight excluding hydrogens is 478 g/mol. The third-order valence-electron chi connectivity index (χ3n) is 5.61. The minimum Gasteiger partial charge on any atom is -0.406 e. The number of hydrogen-bond donors (Lipinski definition) is 1. The highest BCUT2D eigenvalue weighted by molar-refractivity contribution is 6.07. The molecular formula is C26H23F4N3O3. The standard InChI is InChI=1S/C26H23F4N3O3/c1-17-6-11-23(22(14-17)31-24(34)19-7-9-20(27)10-8-19)33-13-3-12-32(25(33)35)16-18-4-2-5-21(15-18)36-26(28,29)30/h2,4-11,14-15H,3,12-13,16H2,1H3,(H,31,34). The molecule has 6 nitrogen and oxygen atoms in total. The average Bonchev–Trinajstić information content (AvgIpc) is 2.80. The van der Waals surface area contributed by atoms with Crippen LogP contribution in [0.5, 0.6) is 5.75 Å². The maximum atomic E-state index is 13.4. The van der Waals surface area contributed by atoms with Gasteiger partial charge in [0.15, 0.2) is 0 Å². The fourth-order valence-electron chi connectivity index (χ4n) is 3.99. The quantitative estimate of drug-likeness (QED) is 0.414. The highest BCUT2D eigenvalue weighted by Crippen LogP contribution is 2.31. The van der Waals surface area contributed by atoms with Gasteiger partial charge in [-0.3, -0.25) is 9.69 Å². The van der Waals surface area contributed by atoms with Crippen LogP contribution in [0.25, 0.3) is 0 Å². The van der Waals surface area contributed by atoms with Gasteiger partial charge in [-0.15, -0.1) is 13.2 Å². The van der Waals surface area contributed by atoms with E-state index in [4.69, 9.17) is 0 Å². The molecule has 1 N–H and O–H groups in total. The van der Waals surface area contributed by atoms with Crippen LogP contribution in [-0.2, 0) is 6.54 Å². The van der Waals surface area contributed by atoms with Crippen LogP contribution >= 0.6 is 0 Å². The molecule has 10 heteroatoms. The maximum absolute atomic E-state index is 13.4. The lowest BCUT2D eigenvalue weighted by Gasteiger charge is -2.36. The fourth-order valence-corrected chi connectivity index (χ4v) is 3.99. The lowest BCUT2D eigenvalue weighted by Crippen LogP contribution is -2.49. The van der Waals surface area contributed by atoms with Crippen LogP contribution in [0.1, 0.15) is 27.9 Å². The van der Waals surface area contributed by atoms with Crippen molar-refractivity contribution in [1.82, 2.24) is 4.90 Å². The number of urea groups is 1. The van der Waals surface area contributed by atoms with Gasteiger partial charge in [-0.2, -0.15) is 0 Å². The second-order valence-corrected chi connectivity index (χ2v) is 8.39. The molecule has 1 aliphatic rings. The van der Waals surface area contributed by atoms with Crippen molar-refractivity contribution in [2.75, 3.05) is 23.3 Å². The van der Waals surface area contributed by atoms with E-state index >= 15 is 0 Å². The number of halogens is 4. The van der Waals surface area contributed by atoms with Crippen LogP contribution in [0.2, 0.25) is 0 Å². The van der Waals surface area contributed by atoms with Gasteiger partial charge < -0.3 is 15.0 Å². The highest BCUT2D eigenvalue weighted by Gasteiger charge is 2.32. The summed E-state index contributed by atoms with van der Waals surface area (Å²) in [4.78, 5) is 29.2. The van der Waals surface area contributed by atoms with E-state index in [9.17, 15) is 27.2 Å². The third kappa shape index (κ3) is 6.12. The Balaban J connectivity index is 1.54. The number of carbonyl (C=O) groups excluding carboxylic acids is 2. The zero-order chi connectivity index (χ0) is 25.9. The summed E-state index contributed by atoms with van der Waals surface area (Å²) >= 11 is 0. The molecule has 1 heterocycles. The number of nitrogens with zero attached hydrogens (tertiary/aromatic N) is 2. The second kappa shape index (κ2) is 10.3. The van der Waals surface area contributed by atoms with Gasteiger partial charge in [0.2, 0.25) is 0 Å². The smallest absolute Gasteiger partial charge is 0.406 e. The van der Waals surface area contributed by atoms with Crippen molar-refractivity contribution in [1.29, 1.82) is 0 Å². The molecule has 0 bridgehead atoms. The van der Waals surface area contributed by atoms with Gasteiger partial charge >= 0.3 is 12.4 Å². The zero-order valence-electron chi connectivity index (χ0n) is 19.3. The predicted octanol–water partition coefficient (Wildman–Crippen LogP) is 6.12. The number of benzene rings is 3. The number of aryl methyl sites for hydroxylation is 1. The topological polar surface area (TPSA) is 61.9 Å². The summed E-state index contributed by atoms with van der Waals surface area (Å²) in [5, 5.41) is 2.80. The van der Waals surface area contributed by atoms with Crippen LogP contribution in [0.3, 0.4) is 0 Å². The summed E-state index contributed by atoms with van der Waals surface area (Å²) in [5.41, 5.74) is 2.51. The molecule has 0 aromatic heterocycles. The van der Waals surface area contributed by atoms with E-state index in [1.807, 2.05) is 13.0 Å². The summed E-state index contributed by atoms with van der Waals surface area (Å²) in [7, 11) is 0. The van der Waals surface area contributed by atoms with Gasteiger partial charge in [-0.05, 0) is 73.0 Å². The molecule has 1 aliphatic heterocycles. The molecule has 0 saturated carbocycles. The van der Waals surface area contributed by atoms with Gasteiger partial charge in [-0.1, -0.05) is 18.2 Å². The van der Waals surface area contributed by atoms with Gasteiger partial charge in [0.1, 0.15) is 11.6 Å². The number of ether oxygens (including phenoxy) is 1. The minimum atomic E-state index is -4.81. The van der Waals surface area contributed by atoms with Crippen molar-refractivity contribution in [3.05, 3.63) is 89.2 Å². The molecule has 0 aliphatic carbocycles. The molecule has 36 heavy (non-hydrogen) atoms. The largest absolute Gasteiger partial charge is 0.573 e. The summed E-state index contributed by atoms with van der Waals surface area (Å²) in [5.74, 6) is -1.27. The molecule has 0 radical (unpaired) electrons. The van der Waals surface area contributed by atoms with Crippen molar-refractivity contribution in [2.45, 2.75) is 26.3 Å². The van der Waals surface area contributed by atoms with E-state index in [1.165, 1.54) is 52.3 Å². The maximum Gasteiger partial charge on any atom is 0.573 e. The summed E-state index contributed by atoms with van der Waals surface area (Å²) in [6.45, 7) is 2.75. The van der Waals surface area contributed by atoms with Gasteiger partial charge in [0.05, 0.1) is 11.4 Å². The van der Waals surface area contributed by atoms with Crippen LogP contribution in [-0.4, -0.2) is 36.3 Å². The first-order valence-corrected chi connectivity index (χ1v) is 11.2. The molecule has 188 valence electrons. The number of carbonyl (C=O) groups is 2. The van der Waals surface area contributed by atoms with Crippen molar-refractivity contribution in [3.63, 3.8) is 0 Å². The minimum absolute atomic E-state index is 0.0908. The fraction of sp³-hybridized carbons (Fsp3) is 0.231. The molecule has 0 unspecified atom stereocenters. The van der Waals surface area contributed by atoms with E-state index in [1.54, 1.807) is 18.2 Å². The Kier molecular flexibility index (Phi) is 7.14. The third-order valence-corrected chi connectivity index (χ3v) is 5.61. The average molecular weight is 501 g/mol. The first-order chi connectivity index (χ1) is 17.1. The first kappa shape index (κ1) is 25.0. The predicted molar refractivity (Wildman–Crippen MR) is 126 cm³/mol. The summed E-state index contributed by atoms with van der Waals surface area (Å²) in [6, 6.07) is 15.5. The summed E-state index contributed by atoms with van der Waals surface area (Å²) < 4.78 is 54.9. The monoisotopic (exact) mass is 501 g/mol. The molecule has 1 fully saturated rings. The molecule has 4 rings (SSSR count). The zero-order valence-corrected chi connectivity index (χ0v) is 19.3. The van der Waals surface area contributed by atoms with Crippen molar-refractivity contribution in [2.24, 2.45) is 0 Å². The van der Waals surface area contributed by atoms with E-state index in [0.717, 1.165) is 5.56 Å². The Morgan fingerprint density at radius 2 is 1.78 bits per heavy atom. The number of amides is 3. The highest BCUT2D eigenvalue weighted by atomic mass is 19.4. The van der Waals surface area contributed by atoms with E-state index in [2.05, 4.69) is 10.1 Å². The van der Waals surface area contributed by atoms with Crippen molar-refractivity contribution in [3.8, 4) is 5.75 Å². The Hall–Kier alpha value is -4.08. The van der Waals surface area contributed by atoms with Crippen LogP contribution < -0.4 is 15.0 Å². The molecule has 0 atom stereocenters. The number of anilines is 2. The van der Waals surface area contributed by atoms with Gasteiger partial charge in [-0.25, -0.2) is 9.18 Å². The van der Waals surface area contributed by atoms with Crippen molar-refractivity contribution >= 4 is 23.3 Å². The normalized spacial score (nSPS) is 14.1. The van der Waals surface area contributed by atoms with E-state index in [-0.39, 0.29) is 23.9 Å². The Labute approximate surface area is 205 Å². The number of rotatable bonds is 6. The molecule has 3 aromatic rings. The van der Waals surface area contributed by atoms with Crippen LogP contribution in [0, 0.1) is 12.7 Å². The molecule has 3 aromatic carbocycles. The lowest BCUT2D eigenvalue weighted by molar-refractivity contribution is -0.274. The number of alkyl halides is 3. The Bertz CT molecular complexity index is 1260.